The van der Waals surface area contributed by atoms with Gasteiger partial charge in [-0.1, -0.05) is 0 Å². The summed E-state index contributed by atoms with van der Waals surface area (Å²) in [6, 6.07) is 2.91. The van der Waals surface area contributed by atoms with Crippen molar-refractivity contribution in [2.45, 2.75) is 12.8 Å². The number of hydrogen-bond acceptors (Lipinski definition) is 4. The number of carbonyl (C=O) groups excluding carboxylic acids is 1. The molecule has 2 rings (SSSR count). The van der Waals surface area contributed by atoms with Crippen LogP contribution in [0.15, 0.2) is 18.3 Å². The molecule has 0 bridgehead atoms. The molecule has 1 aromatic heterocycles. The van der Waals surface area contributed by atoms with Crippen LogP contribution < -0.4 is 10.6 Å². The molecule has 2 heterocycles. The lowest BCUT2D eigenvalue weighted by molar-refractivity contribution is -0.136. The number of carboxylic acid groups (broad SMARTS) is 1. The third-order valence-corrected chi connectivity index (χ3v) is 2.99. The van der Waals surface area contributed by atoms with Gasteiger partial charge in [0.05, 0.1) is 30.6 Å². The van der Waals surface area contributed by atoms with Gasteiger partial charge in [0.2, 0.25) is 0 Å². The Morgan fingerprint density at radius 1 is 1.45 bits per heavy atom. The number of nitrogens with one attached hydrogen (secondary N) is 2. The molecule has 2 amide bonds. The molecule has 1 aliphatic rings. The third kappa shape index (κ3) is 4.51. The Kier molecular flexibility index (Phi) is 4.89. The van der Waals surface area contributed by atoms with Crippen LogP contribution in [-0.2, 0) is 16.0 Å². The van der Waals surface area contributed by atoms with E-state index in [9.17, 15) is 9.59 Å². The molecule has 7 nitrogen and oxygen atoms in total. The van der Waals surface area contributed by atoms with Gasteiger partial charge in [0.1, 0.15) is 0 Å². The monoisotopic (exact) mass is 279 g/mol. The summed E-state index contributed by atoms with van der Waals surface area (Å²) in [5.41, 5.74) is 0.978. The second-order valence-corrected chi connectivity index (χ2v) is 4.67. The molecule has 0 spiro atoms. The number of pyridine rings is 1. The van der Waals surface area contributed by atoms with Crippen LogP contribution >= 0.6 is 0 Å². The van der Waals surface area contributed by atoms with E-state index in [1.807, 2.05) is 0 Å². The number of hydrogen-bond donors (Lipinski definition) is 3. The fourth-order valence-electron chi connectivity index (χ4n) is 1.91. The van der Waals surface area contributed by atoms with Crippen LogP contribution in [0, 0.1) is 5.92 Å². The van der Waals surface area contributed by atoms with Crippen molar-refractivity contribution in [1.29, 1.82) is 0 Å². The molecule has 0 saturated carbocycles. The van der Waals surface area contributed by atoms with Crippen molar-refractivity contribution in [2.24, 2.45) is 5.92 Å². The van der Waals surface area contributed by atoms with Crippen molar-refractivity contribution < 1.29 is 19.4 Å². The van der Waals surface area contributed by atoms with E-state index in [2.05, 4.69) is 15.6 Å². The van der Waals surface area contributed by atoms with Gasteiger partial charge in [-0.2, -0.15) is 0 Å². The summed E-state index contributed by atoms with van der Waals surface area (Å²) in [5.74, 6) is -0.563. The minimum absolute atomic E-state index is 0.131. The zero-order valence-corrected chi connectivity index (χ0v) is 11.0. The predicted molar refractivity (Wildman–Crippen MR) is 71.5 cm³/mol. The largest absolute Gasteiger partial charge is 0.481 e. The first-order chi connectivity index (χ1) is 9.63. The second-order valence-electron chi connectivity index (χ2n) is 4.67. The number of ether oxygens (including phenoxy) is 1. The first-order valence-electron chi connectivity index (χ1n) is 6.43. The van der Waals surface area contributed by atoms with Crippen LogP contribution in [0.2, 0.25) is 0 Å². The van der Waals surface area contributed by atoms with Crippen molar-refractivity contribution in [3.63, 3.8) is 0 Å². The SMILES string of the molecule is O=C(O)Cc1ccc(NC(=O)NCC2CCOC2)cn1. The number of urea groups is 1. The molecule has 1 fully saturated rings. The second kappa shape index (κ2) is 6.85. The molecule has 0 aliphatic carbocycles. The minimum Gasteiger partial charge on any atom is -0.481 e. The summed E-state index contributed by atoms with van der Waals surface area (Å²) in [6.07, 6.45) is 2.27. The van der Waals surface area contributed by atoms with Crippen LogP contribution in [0.4, 0.5) is 10.5 Å². The summed E-state index contributed by atoms with van der Waals surface area (Å²) >= 11 is 0. The lowest BCUT2D eigenvalue weighted by Crippen LogP contribution is -2.33. The van der Waals surface area contributed by atoms with Crippen molar-refractivity contribution in [1.82, 2.24) is 10.3 Å². The first-order valence-corrected chi connectivity index (χ1v) is 6.43. The van der Waals surface area contributed by atoms with E-state index < -0.39 is 5.97 Å². The highest BCUT2D eigenvalue weighted by Crippen LogP contribution is 2.11. The topological polar surface area (TPSA) is 101 Å². The number of nitrogens with zero attached hydrogens (tertiary/aromatic N) is 1. The van der Waals surface area contributed by atoms with Crippen LogP contribution in [0.5, 0.6) is 0 Å². The van der Waals surface area contributed by atoms with Gasteiger partial charge in [0.15, 0.2) is 0 Å². The summed E-state index contributed by atoms with van der Waals surface area (Å²) < 4.78 is 5.22. The van der Waals surface area contributed by atoms with Gasteiger partial charge < -0.3 is 20.5 Å². The van der Waals surface area contributed by atoms with Crippen LogP contribution in [0.3, 0.4) is 0 Å². The Hall–Kier alpha value is -2.15. The van der Waals surface area contributed by atoms with E-state index in [-0.39, 0.29) is 12.5 Å². The molecule has 7 heteroatoms. The van der Waals surface area contributed by atoms with E-state index in [1.54, 1.807) is 12.1 Å². The molecule has 0 aromatic carbocycles. The molecule has 0 radical (unpaired) electrons. The highest BCUT2D eigenvalue weighted by Gasteiger charge is 2.16. The highest BCUT2D eigenvalue weighted by atomic mass is 16.5. The highest BCUT2D eigenvalue weighted by molar-refractivity contribution is 5.89. The fraction of sp³-hybridized carbons (Fsp3) is 0.462. The normalized spacial score (nSPS) is 17.7. The molecule has 3 N–H and O–H groups in total. The van der Waals surface area contributed by atoms with Gasteiger partial charge in [-0.3, -0.25) is 9.78 Å². The van der Waals surface area contributed by atoms with Crippen molar-refractivity contribution in [3.8, 4) is 0 Å². The Morgan fingerprint density at radius 2 is 2.30 bits per heavy atom. The Balaban J connectivity index is 1.76. The van der Waals surface area contributed by atoms with E-state index in [1.165, 1.54) is 6.20 Å². The standard InChI is InChI=1S/C13H17N3O4/c17-12(18)5-10-1-2-11(7-14-10)16-13(19)15-6-9-3-4-20-8-9/h1-2,7,9H,3-6,8H2,(H,17,18)(H2,15,16,19). The number of carboxylic acids is 1. The third-order valence-electron chi connectivity index (χ3n) is 2.99. The predicted octanol–water partition coefficient (Wildman–Crippen LogP) is 0.867. The number of carbonyl (C=O) groups is 2. The van der Waals surface area contributed by atoms with Gasteiger partial charge in [0.25, 0.3) is 0 Å². The summed E-state index contributed by atoms with van der Waals surface area (Å²) in [6.45, 7) is 2.02. The number of anilines is 1. The average Bonchev–Trinajstić information content (AvgIpc) is 2.91. The quantitative estimate of drug-likeness (QED) is 0.742. The maximum absolute atomic E-state index is 11.6. The van der Waals surface area contributed by atoms with Gasteiger partial charge in [-0.15, -0.1) is 0 Å². The molecule has 1 aliphatic heterocycles. The molecule has 1 atom stereocenters. The molecule has 20 heavy (non-hydrogen) atoms. The lowest BCUT2D eigenvalue weighted by Gasteiger charge is -2.10. The van der Waals surface area contributed by atoms with E-state index in [4.69, 9.17) is 9.84 Å². The maximum Gasteiger partial charge on any atom is 0.319 e. The average molecular weight is 279 g/mol. The fourth-order valence-corrected chi connectivity index (χ4v) is 1.91. The summed E-state index contributed by atoms with van der Waals surface area (Å²) in [7, 11) is 0. The maximum atomic E-state index is 11.6. The van der Waals surface area contributed by atoms with Gasteiger partial charge >= 0.3 is 12.0 Å². The molecular weight excluding hydrogens is 262 g/mol. The molecular formula is C13H17N3O4. The van der Waals surface area contributed by atoms with Crippen LogP contribution in [0.25, 0.3) is 0 Å². The lowest BCUT2D eigenvalue weighted by atomic mass is 10.1. The van der Waals surface area contributed by atoms with E-state index >= 15 is 0 Å². The smallest absolute Gasteiger partial charge is 0.319 e. The van der Waals surface area contributed by atoms with Crippen LogP contribution in [0.1, 0.15) is 12.1 Å². The number of aromatic nitrogens is 1. The number of aliphatic carboxylic acids is 1. The summed E-state index contributed by atoms with van der Waals surface area (Å²) in [5, 5.41) is 14.0. The molecule has 108 valence electrons. The van der Waals surface area contributed by atoms with Gasteiger partial charge in [0, 0.05) is 19.1 Å². The first kappa shape index (κ1) is 14.3. The molecule has 1 aromatic rings. The van der Waals surface area contributed by atoms with Gasteiger partial charge in [-0.05, 0) is 18.6 Å². The van der Waals surface area contributed by atoms with Crippen LogP contribution in [-0.4, -0.2) is 41.8 Å². The van der Waals surface area contributed by atoms with Crippen molar-refractivity contribution in [3.05, 3.63) is 24.0 Å². The molecule has 1 saturated heterocycles. The van der Waals surface area contributed by atoms with E-state index in [0.717, 1.165) is 13.0 Å². The zero-order chi connectivity index (χ0) is 14.4. The van der Waals surface area contributed by atoms with Crippen molar-refractivity contribution in [2.75, 3.05) is 25.1 Å². The molecule has 1 unspecified atom stereocenters. The van der Waals surface area contributed by atoms with E-state index in [0.29, 0.717) is 30.5 Å². The number of amides is 2. The van der Waals surface area contributed by atoms with Crippen molar-refractivity contribution >= 4 is 17.7 Å². The van der Waals surface area contributed by atoms with Gasteiger partial charge in [-0.25, -0.2) is 4.79 Å². The minimum atomic E-state index is -0.935. The Labute approximate surface area is 116 Å². The zero-order valence-electron chi connectivity index (χ0n) is 11.0. The Morgan fingerprint density at radius 3 is 2.90 bits per heavy atom. The Bertz CT molecular complexity index is 469. The number of rotatable bonds is 5. The summed E-state index contributed by atoms with van der Waals surface area (Å²) in [4.78, 5) is 26.1.